The summed E-state index contributed by atoms with van der Waals surface area (Å²) in [5, 5.41) is 10.1. The number of aliphatic hydroxyl groups excluding tert-OH is 1. The molecule has 3 heteroatoms. The molecule has 3 nitrogen and oxygen atoms in total. The summed E-state index contributed by atoms with van der Waals surface area (Å²) in [5.41, 5.74) is 2.20. The first-order chi connectivity index (χ1) is 11.5. The van der Waals surface area contributed by atoms with Gasteiger partial charge in [-0.1, -0.05) is 25.5 Å². The van der Waals surface area contributed by atoms with Crippen molar-refractivity contribution in [2.75, 3.05) is 13.2 Å². The van der Waals surface area contributed by atoms with Crippen molar-refractivity contribution in [1.82, 2.24) is 0 Å². The van der Waals surface area contributed by atoms with Gasteiger partial charge < -0.3 is 14.6 Å². The Hall–Kier alpha value is -0.380. The first kappa shape index (κ1) is 15.8. The molecule has 3 saturated carbocycles. The second-order valence-corrected chi connectivity index (χ2v) is 9.64. The van der Waals surface area contributed by atoms with Gasteiger partial charge >= 0.3 is 0 Å². The van der Waals surface area contributed by atoms with Gasteiger partial charge in [0.05, 0.1) is 31.5 Å². The zero-order chi connectivity index (χ0) is 16.5. The standard InChI is InChI=1S/C21H32O3/c1-20-7-5-14(22)11-13(20)3-4-15-16(20)6-8-21(2)17(15)12-18-19(21)24-10-9-23-18/h3,14-19,22H,4-12H2,1-2H3/t14-,15+,16-,17-,18?,19?,20-,21-/m0/s1. The lowest BCUT2D eigenvalue weighted by Gasteiger charge is -2.57. The minimum atomic E-state index is -0.106. The molecule has 4 fully saturated rings. The van der Waals surface area contributed by atoms with Crippen molar-refractivity contribution in [3.05, 3.63) is 11.6 Å². The molecule has 0 aromatic rings. The molecule has 5 aliphatic rings. The summed E-state index contributed by atoms with van der Waals surface area (Å²) in [6.07, 6.45) is 11.2. The molecule has 1 aliphatic heterocycles. The average molecular weight is 332 g/mol. The first-order valence-electron chi connectivity index (χ1n) is 10.1. The summed E-state index contributed by atoms with van der Waals surface area (Å²) >= 11 is 0. The van der Waals surface area contributed by atoms with E-state index in [1.807, 2.05) is 0 Å². The maximum Gasteiger partial charge on any atom is 0.0894 e. The smallest absolute Gasteiger partial charge is 0.0894 e. The van der Waals surface area contributed by atoms with E-state index < -0.39 is 0 Å². The fourth-order valence-corrected chi connectivity index (χ4v) is 7.41. The highest BCUT2D eigenvalue weighted by atomic mass is 16.6. The van der Waals surface area contributed by atoms with E-state index in [-0.39, 0.29) is 6.10 Å². The summed E-state index contributed by atoms with van der Waals surface area (Å²) in [5.74, 6) is 2.32. The van der Waals surface area contributed by atoms with Crippen LogP contribution in [0.15, 0.2) is 11.6 Å². The van der Waals surface area contributed by atoms with Crippen molar-refractivity contribution in [1.29, 1.82) is 0 Å². The van der Waals surface area contributed by atoms with Crippen molar-refractivity contribution in [3.63, 3.8) is 0 Å². The van der Waals surface area contributed by atoms with E-state index in [0.717, 1.165) is 43.8 Å². The van der Waals surface area contributed by atoms with E-state index in [9.17, 15) is 5.11 Å². The molecule has 2 unspecified atom stereocenters. The third kappa shape index (κ3) is 2.01. The maximum atomic E-state index is 10.1. The van der Waals surface area contributed by atoms with Crippen LogP contribution in [0.5, 0.6) is 0 Å². The van der Waals surface area contributed by atoms with E-state index in [1.165, 1.54) is 32.1 Å². The topological polar surface area (TPSA) is 38.7 Å². The Balaban J connectivity index is 1.48. The number of aliphatic hydroxyl groups is 1. The maximum absolute atomic E-state index is 10.1. The van der Waals surface area contributed by atoms with Crippen LogP contribution in [0, 0.1) is 28.6 Å². The molecule has 0 amide bonds. The molecule has 1 N–H and O–H groups in total. The zero-order valence-corrected chi connectivity index (χ0v) is 15.2. The van der Waals surface area contributed by atoms with E-state index >= 15 is 0 Å². The summed E-state index contributed by atoms with van der Waals surface area (Å²) in [4.78, 5) is 0. The summed E-state index contributed by atoms with van der Waals surface area (Å²) < 4.78 is 12.3. The second-order valence-electron chi connectivity index (χ2n) is 9.64. The van der Waals surface area contributed by atoms with Gasteiger partial charge in [0, 0.05) is 0 Å². The molecule has 0 spiro atoms. The van der Waals surface area contributed by atoms with Gasteiger partial charge in [-0.05, 0) is 73.5 Å². The Morgan fingerprint density at radius 1 is 1.08 bits per heavy atom. The van der Waals surface area contributed by atoms with Crippen molar-refractivity contribution in [2.45, 2.75) is 77.1 Å². The largest absolute Gasteiger partial charge is 0.393 e. The monoisotopic (exact) mass is 332 g/mol. The van der Waals surface area contributed by atoms with Crippen molar-refractivity contribution >= 4 is 0 Å². The number of hydrogen-bond donors (Lipinski definition) is 1. The summed E-state index contributed by atoms with van der Waals surface area (Å²) in [6.45, 7) is 6.54. The lowest BCUT2D eigenvalue weighted by Crippen LogP contribution is -2.52. The minimum Gasteiger partial charge on any atom is -0.393 e. The quantitative estimate of drug-likeness (QED) is 0.687. The van der Waals surface area contributed by atoms with Gasteiger partial charge in [0.2, 0.25) is 0 Å². The van der Waals surface area contributed by atoms with E-state index in [2.05, 4.69) is 19.9 Å². The Bertz CT molecular complexity index is 557. The van der Waals surface area contributed by atoms with Gasteiger partial charge in [-0.15, -0.1) is 0 Å². The molecule has 8 atom stereocenters. The molecule has 0 bridgehead atoms. The van der Waals surface area contributed by atoms with Crippen LogP contribution in [-0.2, 0) is 9.47 Å². The van der Waals surface area contributed by atoms with Crippen LogP contribution in [0.1, 0.15) is 58.8 Å². The average Bonchev–Trinajstić information content (AvgIpc) is 2.89. The normalized spacial score (nSPS) is 56.5. The van der Waals surface area contributed by atoms with Crippen LogP contribution < -0.4 is 0 Å². The molecule has 1 heterocycles. The molecule has 0 radical (unpaired) electrons. The van der Waals surface area contributed by atoms with Crippen LogP contribution in [0.2, 0.25) is 0 Å². The lowest BCUT2D eigenvalue weighted by atomic mass is 9.48. The predicted molar refractivity (Wildman–Crippen MR) is 92.6 cm³/mol. The highest BCUT2D eigenvalue weighted by Crippen LogP contribution is 2.65. The Kier molecular flexibility index (Phi) is 3.51. The van der Waals surface area contributed by atoms with Gasteiger partial charge in [-0.25, -0.2) is 0 Å². The highest BCUT2D eigenvalue weighted by Gasteiger charge is 2.62. The van der Waals surface area contributed by atoms with E-state index in [4.69, 9.17) is 9.47 Å². The van der Waals surface area contributed by atoms with Crippen LogP contribution in [-0.4, -0.2) is 36.6 Å². The molecule has 24 heavy (non-hydrogen) atoms. The van der Waals surface area contributed by atoms with Gasteiger partial charge in [0.1, 0.15) is 0 Å². The van der Waals surface area contributed by atoms with Crippen LogP contribution in [0.3, 0.4) is 0 Å². The number of fused-ring (bicyclic) bond motifs is 7. The molecule has 0 aromatic carbocycles. The van der Waals surface area contributed by atoms with Gasteiger partial charge in [-0.3, -0.25) is 0 Å². The van der Waals surface area contributed by atoms with Crippen molar-refractivity contribution in [3.8, 4) is 0 Å². The molecule has 0 aromatic heterocycles. The second kappa shape index (κ2) is 5.31. The van der Waals surface area contributed by atoms with E-state index in [0.29, 0.717) is 23.0 Å². The van der Waals surface area contributed by atoms with Crippen LogP contribution >= 0.6 is 0 Å². The van der Waals surface area contributed by atoms with Crippen LogP contribution in [0.4, 0.5) is 0 Å². The minimum absolute atomic E-state index is 0.106. The summed E-state index contributed by atoms with van der Waals surface area (Å²) in [7, 11) is 0. The fourth-order valence-electron chi connectivity index (χ4n) is 7.41. The Labute approximate surface area is 145 Å². The number of allylic oxidation sites excluding steroid dienone is 1. The van der Waals surface area contributed by atoms with Gasteiger partial charge in [0.15, 0.2) is 0 Å². The van der Waals surface area contributed by atoms with E-state index in [1.54, 1.807) is 5.57 Å². The first-order valence-corrected chi connectivity index (χ1v) is 10.1. The number of ether oxygens (including phenoxy) is 2. The van der Waals surface area contributed by atoms with Crippen LogP contribution in [0.25, 0.3) is 0 Å². The molecule has 5 rings (SSSR count). The summed E-state index contributed by atoms with van der Waals surface area (Å²) in [6, 6.07) is 0. The number of rotatable bonds is 0. The third-order valence-corrected chi connectivity index (χ3v) is 8.70. The third-order valence-electron chi connectivity index (χ3n) is 8.70. The molecule has 134 valence electrons. The number of hydrogen-bond acceptors (Lipinski definition) is 3. The molecular weight excluding hydrogens is 300 g/mol. The SMILES string of the molecule is C[C@]12CC[C@H](O)CC1=CC[C@@H]1[C@@H]2CC[C@]2(C)C3OCCOC3C[C@@H]12. The predicted octanol–water partition coefficient (Wildman–Crippen LogP) is 3.70. The highest BCUT2D eigenvalue weighted by molar-refractivity contribution is 5.25. The Morgan fingerprint density at radius 2 is 1.92 bits per heavy atom. The lowest BCUT2D eigenvalue weighted by molar-refractivity contribution is -0.166. The van der Waals surface area contributed by atoms with Gasteiger partial charge in [0.25, 0.3) is 0 Å². The molecular formula is C21H32O3. The fraction of sp³-hybridized carbons (Fsp3) is 0.905. The van der Waals surface area contributed by atoms with Crippen molar-refractivity contribution in [2.24, 2.45) is 28.6 Å². The van der Waals surface area contributed by atoms with Gasteiger partial charge in [-0.2, -0.15) is 0 Å². The molecule has 1 saturated heterocycles. The Morgan fingerprint density at radius 3 is 2.79 bits per heavy atom. The van der Waals surface area contributed by atoms with Crippen molar-refractivity contribution < 1.29 is 14.6 Å². The zero-order valence-electron chi connectivity index (χ0n) is 15.2. The molecule has 4 aliphatic carbocycles.